The second-order valence-electron chi connectivity index (χ2n) is 7.37. The fraction of sp³-hybridized carbons (Fsp3) is 1.00. The third-order valence-corrected chi connectivity index (χ3v) is 5.79. The summed E-state index contributed by atoms with van der Waals surface area (Å²) < 4.78 is 0. The Labute approximate surface area is 105 Å². The summed E-state index contributed by atoms with van der Waals surface area (Å²) in [5.41, 5.74) is -0.293. The molecule has 2 nitrogen and oxygen atoms in total. The minimum atomic E-state index is -0.669. The van der Waals surface area contributed by atoms with E-state index in [4.69, 9.17) is 0 Å². The highest BCUT2D eigenvalue weighted by Crippen LogP contribution is 2.56. The van der Waals surface area contributed by atoms with Gasteiger partial charge in [0.1, 0.15) is 0 Å². The molecular formula is C15H28O2. The van der Waals surface area contributed by atoms with Gasteiger partial charge in [0.15, 0.2) is 0 Å². The molecular weight excluding hydrogens is 212 g/mol. The summed E-state index contributed by atoms with van der Waals surface area (Å²) in [6.07, 6.45) is 4.48. The van der Waals surface area contributed by atoms with Gasteiger partial charge in [0, 0.05) is 12.5 Å². The predicted octanol–water partition coefficient (Wildman–Crippen LogP) is 2.83. The van der Waals surface area contributed by atoms with Crippen molar-refractivity contribution in [1.29, 1.82) is 0 Å². The van der Waals surface area contributed by atoms with Gasteiger partial charge >= 0.3 is 0 Å². The molecule has 0 saturated heterocycles. The fourth-order valence-corrected chi connectivity index (χ4v) is 4.52. The molecule has 0 radical (unpaired) electrons. The summed E-state index contributed by atoms with van der Waals surface area (Å²) in [7, 11) is 0. The molecule has 5 atom stereocenters. The molecule has 0 aliphatic heterocycles. The van der Waals surface area contributed by atoms with E-state index in [1.165, 1.54) is 12.8 Å². The molecule has 2 saturated carbocycles. The van der Waals surface area contributed by atoms with Gasteiger partial charge in [-0.25, -0.2) is 0 Å². The van der Waals surface area contributed by atoms with Gasteiger partial charge in [-0.1, -0.05) is 20.8 Å². The summed E-state index contributed by atoms with van der Waals surface area (Å²) in [5, 5.41) is 20.2. The van der Waals surface area contributed by atoms with Gasteiger partial charge in [0.2, 0.25) is 0 Å². The van der Waals surface area contributed by atoms with Crippen molar-refractivity contribution in [1.82, 2.24) is 0 Å². The molecule has 100 valence electrons. The van der Waals surface area contributed by atoms with Gasteiger partial charge in [0.05, 0.1) is 5.60 Å². The average molecular weight is 240 g/mol. The summed E-state index contributed by atoms with van der Waals surface area (Å²) >= 11 is 0. The van der Waals surface area contributed by atoms with Crippen molar-refractivity contribution in [2.75, 3.05) is 6.61 Å². The van der Waals surface area contributed by atoms with Crippen LogP contribution in [0.15, 0.2) is 0 Å². The van der Waals surface area contributed by atoms with E-state index < -0.39 is 5.60 Å². The quantitative estimate of drug-likeness (QED) is 0.740. The van der Waals surface area contributed by atoms with E-state index in [9.17, 15) is 10.2 Å². The first kappa shape index (κ1) is 13.4. The van der Waals surface area contributed by atoms with E-state index in [-0.39, 0.29) is 12.5 Å². The molecule has 0 aromatic rings. The Hall–Kier alpha value is -0.0800. The van der Waals surface area contributed by atoms with E-state index in [0.717, 1.165) is 12.8 Å². The van der Waals surface area contributed by atoms with Crippen LogP contribution in [-0.4, -0.2) is 22.4 Å². The molecule has 1 unspecified atom stereocenters. The van der Waals surface area contributed by atoms with Crippen LogP contribution in [0.2, 0.25) is 0 Å². The first-order valence-corrected chi connectivity index (χ1v) is 7.13. The maximum absolute atomic E-state index is 10.5. The summed E-state index contributed by atoms with van der Waals surface area (Å²) in [6.45, 7) is 9.08. The van der Waals surface area contributed by atoms with Crippen molar-refractivity contribution in [2.45, 2.75) is 59.0 Å². The van der Waals surface area contributed by atoms with Crippen LogP contribution in [0.4, 0.5) is 0 Å². The van der Waals surface area contributed by atoms with Gasteiger partial charge < -0.3 is 10.2 Å². The lowest BCUT2D eigenvalue weighted by molar-refractivity contribution is -0.147. The number of aliphatic hydroxyl groups excluding tert-OH is 1. The molecule has 2 heteroatoms. The van der Waals surface area contributed by atoms with Crippen LogP contribution in [0.5, 0.6) is 0 Å². The second kappa shape index (κ2) is 4.24. The molecule has 17 heavy (non-hydrogen) atoms. The molecule has 2 N–H and O–H groups in total. The van der Waals surface area contributed by atoms with E-state index in [1.54, 1.807) is 0 Å². The molecule has 2 fully saturated rings. The van der Waals surface area contributed by atoms with Gasteiger partial charge in [-0.2, -0.15) is 0 Å². The Kier molecular flexibility index (Phi) is 3.33. The highest BCUT2D eigenvalue weighted by molar-refractivity contribution is 5.02. The maximum atomic E-state index is 10.5. The van der Waals surface area contributed by atoms with Crippen LogP contribution < -0.4 is 0 Å². The molecule has 2 aliphatic carbocycles. The number of hydrogen-bond acceptors (Lipinski definition) is 2. The predicted molar refractivity (Wildman–Crippen MR) is 69.6 cm³/mol. The lowest BCUT2D eigenvalue weighted by Crippen LogP contribution is -2.55. The zero-order chi connectivity index (χ0) is 12.8. The van der Waals surface area contributed by atoms with Crippen molar-refractivity contribution in [3.63, 3.8) is 0 Å². The largest absolute Gasteiger partial charge is 0.396 e. The van der Waals surface area contributed by atoms with Gasteiger partial charge in [-0.3, -0.25) is 0 Å². The molecule has 2 aliphatic rings. The Bertz CT molecular complexity index is 273. The Morgan fingerprint density at radius 3 is 2.35 bits per heavy atom. The van der Waals surface area contributed by atoms with Crippen LogP contribution >= 0.6 is 0 Å². The van der Waals surface area contributed by atoms with Crippen LogP contribution in [0.25, 0.3) is 0 Å². The number of fused-ring (bicyclic) bond motifs is 1. The number of aliphatic hydroxyl groups is 2. The fourth-order valence-electron chi connectivity index (χ4n) is 4.52. The Balaban J connectivity index is 2.31. The zero-order valence-electron chi connectivity index (χ0n) is 11.7. The van der Waals surface area contributed by atoms with Crippen molar-refractivity contribution in [3.8, 4) is 0 Å². The average Bonchev–Trinajstić information content (AvgIpc) is 2.22. The maximum Gasteiger partial charge on any atom is 0.0672 e. The highest BCUT2D eigenvalue weighted by Gasteiger charge is 2.53. The Morgan fingerprint density at radius 1 is 1.12 bits per heavy atom. The molecule has 0 heterocycles. The topological polar surface area (TPSA) is 40.5 Å². The smallest absolute Gasteiger partial charge is 0.0672 e. The first-order valence-electron chi connectivity index (χ1n) is 7.13. The van der Waals surface area contributed by atoms with E-state index >= 15 is 0 Å². The Morgan fingerprint density at radius 2 is 1.76 bits per heavy atom. The van der Waals surface area contributed by atoms with Crippen molar-refractivity contribution in [3.05, 3.63) is 0 Å². The lowest BCUT2D eigenvalue weighted by atomic mass is 9.50. The summed E-state index contributed by atoms with van der Waals surface area (Å²) in [4.78, 5) is 0. The van der Waals surface area contributed by atoms with Crippen molar-refractivity contribution >= 4 is 0 Å². The third kappa shape index (κ3) is 2.15. The highest BCUT2D eigenvalue weighted by atomic mass is 16.3. The molecule has 0 aromatic heterocycles. The standard InChI is InChI=1S/C15H28O2/c1-10-5-7-14(2,3)11-6-8-15(4,17)12(9-16)13(10)11/h10-13,16-17H,5-9H2,1-4H3/t10-,11-,12-,13?,15-/m1/s1. The second-order valence-corrected chi connectivity index (χ2v) is 7.37. The SMILES string of the molecule is C[C@@H]1CCC(C)(C)[C@@H]2CC[C@@](C)(O)[C@H](CO)C12. The molecule has 0 bridgehead atoms. The molecule has 0 aromatic carbocycles. The minimum Gasteiger partial charge on any atom is -0.396 e. The molecule has 0 spiro atoms. The van der Waals surface area contributed by atoms with Crippen LogP contribution in [-0.2, 0) is 0 Å². The number of hydrogen-bond donors (Lipinski definition) is 2. The van der Waals surface area contributed by atoms with Crippen LogP contribution in [0, 0.1) is 29.1 Å². The normalized spacial score (nSPS) is 49.8. The molecule has 0 amide bonds. The van der Waals surface area contributed by atoms with Gasteiger partial charge in [0.25, 0.3) is 0 Å². The minimum absolute atomic E-state index is 0.0656. The zero-order valence-corrected chi connectivity index (χ0v) is 11.7. The van der Waals surface area contributed by atoms with Crippen molar-refractivity contribution < 1.29 is 10.2 Å². The van der Waals surface area contributed by atoms with E-state index in [0.29, 0.717) is 23.2 Å². The molecule has 2 rings (SSSR count). The van der Waals surface area contributed by atoms with Gasteiger partial charge in [-0.15, -0.1) is 0 Å². The van der Waals surface area contributed by atoms with E-state index in [2.05, 4.69) is 20.8 Å². The summed E-state index contributed by atoms with van der Waals surface area (Å²) in [6, 6.07) is 0. The first-order chi connectivity index (χ1) is 7.79. The van der Waals surface area contributed by atoms with Crippen LogP contribution in [0.1, 0.15) is 53.4 Å². The lowest BCUT2D eigenvalue weighted by Gasteiger charge is -2.56. The number of rotatable bonds is 1. The van der Waals surface area contributed by atoms with Crippen molar-refractivity contribution in [2.24, 2.45) is 29.1 Å². The van der Waals surface area contributed by atoms with Gasteiger partial charge in [-0.05, 0) is 55.8 Å². The monoisotopic (exact) mass is 240 g/mol. The summed E-state index contributed by atoms with van der Waals surface area (Å²) in [5.74, 6) is 1.86. The van der Waals surface area contributed by atoms with E-state index in [1.807, 2.05) is 6.92 Å². The van der Waals surface area contributed by atoms with Crippen LogP contribution in [0.3, 0.4) is 0 Å². The third-order valence-electron chi connectivity index (χ3n) is 5.79.